The molecule has 7 heteroatoms. The van der Waals surface area contributed by atoms with Gasteiger partial charge in [-0.05, 0) is 13.8 Å². The van der Waals surface area contributed by atoms with Gasteiger partial charge in [-0.3, -0.25) is 4.79 Å². The van der Waals surface area contributed by atoms with Crippen LogP contribution in [0.25, 0.3) is 0 Å². The van der Waals surface area contributed by atoms with Crippen LogP contribution < -0.4 is 0 Å². The smallest absolute Gasteiger partial charge is 0.312 e. The van der Waals surface area contributed by atoms with Crippen LogP contribution in [0.1, 0.15) is 20.8 Å². The maximum absolute atomic E-state index is 12.4. The van der Waals surface area contributed by atoms with E-state index in [9.17, 15) is 20.1 Å². The molecule has 0 aromatic rings. The zero-order valence-corrected chi connectivity index (χ0v) is 12.6. The number of aliphatic hydroxyl groups excluding tert-OH is 1. The van der Waals surface area contributed by atoms with Crippen LogP contribution in [-0.2, 0) is 19.0 Å². The van der Waals surface area contributed by atoms with E-state index in [1.54, 1.807) is 20.8 Å². The number of carbonyl (C=O) groups excluding carboxylic acids is 1. The molecule has 9 atom stereocenters. The summed E-state index contributed by atoms with van der Waals surface area (Å²) in [5.74, 6) is -2.19. The van der Waals surface area contributed by atoms with Crippen LogP contribution in [-0.4, -0.2) is 69.1 Å². The number of fused-ring (bicyclic) bond motifs is 8. The van der Waals surface area contributed by atoms with E-state index in [1.807, 2.05) is 0 Å². The molecule has 5 aliphatic rings. The van der Waals surface area contributed by atoms with Gasteiger partial charge < -0.3 is 29.5 Å². The monoisotopic (exact) mass is 312 g/mol. The predicted molar refractivity (Wildman–Crippen MR) is 69.6 cm³/mol. The first kappa shape index (κ1) is 13.7. The van der Waals surface area contributed by atoms with E-state index in [4.69, 9.17) is 14.2 Å². The SMILES string of the molecule is CC(C)(O)[C@@H]1[C@H]2OC(=O)[C@@H]1[C@]1(O)[C@H]3O[C@H]3[C@@]3(CO3)[C@]1(C)[C@@H]2O. The quantitative estimate of drug-likeness (QED) is 0.402. The standard InChI is InChI=1S/C15H20O7/c1-12(2,18)5-6-11(17)21-7(5)8(16)13(3)14(4-20-14)9-10(22-9)15(6,13)19/h5-10,16,18-19H,4H2,1-3H3/t5-,6+,7+,8+,9+,10-,13-,14-,15-/m0/s1. The van der Waals surface area contributed by atoms with Crippen molar-refractivity contribution in [2.24, 2.45) is 17.3 Å². The van der Waals surface area contributed by atoms with Crippen LogP contribution in [0.15, 0.2) is 0 Å². The van der Waals surface area contributed by atoms with Crippen LogP contribution in [0.5, 0.6) is 0 Å². The molecule has 0 unspecified atom stereocenters. The molecule has 1 spiro atoms. The van der Waals surface area contributed by atoms with Gasteiger partial charge >= 0.3 is 5.97 Å². The molecule has 3 aliphatic heterocycles. The van der Waals surface area contributed by atoms with E-state index in [0.717, 1.165) is 0 Å². The Bertz CT molecular complexity index is 593. The molecule has 2 saturated carbocycles. The number of aliphatic hydroxyl groups is 3. The highest BCUT2D eigenvalue weighted by Gasteiger charge is 2.94. The van der Waals surface area contributed by atoms with Crippen molar-refractivity contribution < 1.29 is 34.3 Å². The lowest BCUT2D eigenvalue weighted by atomic mass is 9.51. The second-order valence-electron chi connectivity index (χ2n) is 8.19. The summed E-state index contributed by atoms with van der Waals surface area (Å²) in [6, 6.07) is 0. The van der Waals surface area contributed by atoms with Crippen LogP contribution in [0.3, 0.4) is 0 Å². The molecule has 0 aromatic heterocycles. The first-order valence-corrected chi connectivity index (χ1v) is 7.73. The van der Waals surface area contributed by atoms with Crippen molar-refractivity contribution in [1.29, 1.82) is 0 Å². The van der Waals surface area contributed by atoms with Gasteiger partial charge in [-0.2, -0.15) is 0 Å². The number of rotatable bonds is 1. The molecule has 0 aromatic carbocycles. The number of hydrogen-bond donors (Lipinski definition) is 3. The van der Waals surface area contributed by atoms with Gasteiger partial charge in [0.25, 0.3) is 0 Å². The molecule has 22 heavy (non-hydrogen) atoms. The maximum atomic E-state index is 12.4. The summed E-state index contributed by atoms with van der Waals surface area (Å²) in [4.78, 5) is 12.4. The third-order valence-electron chi connectivity index (χ3n) is 6.96. The molecule has 0 amide bonds. The Morgan fingerprint density at radius 2 is 1.95 bits per heavy atom. The van der Waals surface area contributed by atoms with Gasteiger partial charge in [0.15, 0.2) is 0 Å². The first-order chi connectivity index (χ1) is 10.1. The fraction of sp³-hybridized carbons (Fsp3) is 0.933. The van der Waals surface area contributed by atoms with E-state index >= 15 is 0 Å². The van der Waals surface area contributed by atoms with Crippen molar-refractivity contribution in [3.05, 3.63) is 0 Å². The Labute approximate surface area is 127 Å². The van der Waals surface area contributed by atoms with Gasteiger partial charge in [0.2, 0.25) is 0 Å². The number of esters is 1. The van der Waals surface area contributed by atoms with Crippen molar-refractivity contribution in [3.8, 4) is 0 Å². The zero-order chi connectivity index (χ0) is 15.9. The molecule has 2 bridgehead atoms. The van der Waals surface area contributed by atoms with Gasteiger partial charge in [0.05, 0.1) is 23.5 Å². The summed E-state index contributed by atoms with van der Waals surface area (Å²) in [6.07, 6.45) is -2.82. The van der Waals surface area contributed by atoms with Crippen LogP contribution in [0, 0.1) is 17.3 Å². The third kappa shape index (κ3) is 1.05. The van der Waals surface area contributed by atoms with Gasteiger partial charge in [-0.25, -0.2) is 0 Å². The van der Waals surface area contributed by atoms with Crippen molar-refractivity contribution in [1.82, 2.24) is 0 Å². The van der Waals surface area contributed by atoms with Crippen LogP contribution in [0.2, 0.25) is 0 Å². The Morgan fingerprint density at radius 3 is 2.50 bits per heavy atom. The summed E-state index contributed by atoms with van der Waals surface area (Å²) in [6.45, 7) is 5.29. The molecule has 7 nitrogen and oxygen atoms in total. The summed E-state index contributed by atoms with van der Waals surface area (Å²) in [7, 11) is 0. The number of epoxide rings is 2. The van der Waals surface area contributed by atoms with Gasteiger partial charge in [-0.1, -0.05) is 6.92 Å². The Balaban J connectivity index is 1.74. The largest absolute Gasteiger partial charge is 0.459 e. The maximum Gasteiger partial charge on any atom is 0.312 e. The van der Waals surface area contributed by atoms with Crippen LogP contribution >= 0.6 is 0 Å². The molecule has 2 aliphatic carbocycles. The molecule has 5 rings (SSSR count). The Morgan fingerprint density at radius 1 is 1.32 bits per heavy atom. The molecule has 122 valence electrons. The van der Waals surface area contributed by atoms with Crippen molar-refractivity contribution >= 4 is 5.97 Å². The first-order valence-electron chi connectivity index (χ1n) is 7.73. The summed E-state index contributed by atoms with van der Waals surface area (Å²) < 4.78 is 16.6. The van der Waals surface area contributed by atoms with Gasteiger partial charge in [-0.15, -0.1) is 0 Å². The normalized spacial score (nSPS) is 64.4. The second kappa shape index (κ2) is 3.23. The average molecular weight is 312 g/mol. The highest BCUT2D eigenvalue weighted by Crippen LogP contribution is 2.76. The highest BCUT2D eigenvalue weighted by atomic mass is 16.7. The van der Waals surface area contributed by atoms with Crippen LogP contribution in [0.4, 0.5) is 0 Å². The average Bonchev–Trinajstić information content (AvgIpc) is 3.26. The third-order valence-corrected chi connectivity index (χ3v) is 6.96. The molecule has 3 heterocycles. The lowest BCUT2D eigenvalue weighted by molar-refractivity contribution is -0.254. The molecular formula is C15H20O7. The highest BCUT2D eigenvalue weighted by molar-refractivity contribution is 5.79. The minimum absolute atomic E-state index is 0.299. The van der Waals surface area contributed by atoms with E-state index < -0.39 is 58.3 Å². The van der Waals surface area contributed by atoms with E-state index in [1.165, 1.54) is 0 Å². The number of hydrogen-bond acceptors (Lipinski definition) is 7. The molecule has 0 radical (unpaired) electrons. The molecule has 3 saturated heterocycles. The summed E-state index contributed by atoms with van der Waals surface area (Å²) in [5, 5.41) is 33.0. The Kier molecular flexibility index (Phi) is 2.01. The van der Waals surface area contributed by atoms with E-state index in [-0.39, 0.29) is 6.10 Å². The molecular weight excluding hydrogens is 292 g/mol. The molecule has 5 fully saturated rings. The Hall–Kier alpha value is -0.730. The van der Waals surface area contributed by atoms with E-state index in [2.05, 4.69) is 0 Å². The van der Waals surface area contributed by atoms with Crippen molar-refractivity contribution in [2.45, 2.75) is 62.0 Å². The fourth-order valence-electron chi connectivity index (χ4n) is 5.73. The second-order valence-corrected chi connectivity index (χ2v) is 8.19. The number of carbonyl (C=O) groups is 1. The van der Waals surface area contributed by atoms with Crippen molar-refractivity contribution in [2.75, 3.05) is 6.61 Å². The van der Waals surface area contributed by atoms with Gasteiger partial charge in [0, 0.05) is 5.92 Å². The topological polar surface area (TPSA) is 112 Å². The predicted octanol–water partition coefficient (Wildman–Crippen LogP) is -1.42. The number of ether oxygens (including phenoxy) is 3. The lowest BCUT2D eigenvalue weighted by Crippen LogP contribution is -2.72. The zero-order valence-electron chi connectivity index (χ0n) is 12.6. The lowest BCUT2D eigenvalue weighted by Gasteiger charge is -2.55. The minimum Gasteiger partial charge on any atom is -0.459 e. The minimum atomic E-state index is -1.59. The van der Waals surface area contributed by atoms with Crippen molar-refractivity contribution in [3.63, 3.8) is 0 Å². The molecule has 3 N–H and O–H groups in total. The van der Waals surface area contributed by atoms with Gasteiger partial charge in [0.1, 0.15) is 35.6 Å². The fourth-order valence-corrected chi connectivity index (χ4v) is 5.73. The van der Waals surface area contributed by atoms with E-state index in [0.29, 0.717) is 6.61 Å². The summed E-state index contributed by atoms with van der Waals surface area (Å²) >= 11 is 0. The summed E-state index contributed by atoms with van der Waals surface area (Å²) in [5.41, 5.74) is -4.66.